The van der Waals surface area contributed by atoms with E-state index in [1.807, 2.05) is 11.7 Å². The first-order valence-electron chi connectivity index (χ1n) is 6.63. The van der Waals surface area contributed by atoms with Gasteiger partial charge in [-0.1, -0.05) is 18.5 Å². The zero-order valence-corrected chi connectivity index (χ0v) is 12.1. The number of hydrogen-bond acceptors (Lipinski definition) is 3. The summed E-state index contributed by atoms with van der Waals surface area (Å²) >= 11 is 6.28. The molecule has 18 heavy (non-hydrogen) atoms. The molecule has 1 N–H and O–H groups in total. The van der Waals surface area contributed by atoms with Gasteiger partial charge in [0.2, 0.25) is 0 Å². The molecule has 0 aliphatic carbocycles. The number of ether oxygens (including phenoxy) is 1. The van der Waals surface area contributed by atoms with Crippen molar-refractivity contribution in [1.82, 2.24) is 15.1 Å². The second kappa shape index (κ2) is 5.59. The summed E-state index contributed by atoms with van der Waals surface area (Å²) in [7, 11) is 1.93. The highest BCUT2D eigenvalue weighted by Gasteiger charge is 2.41. The van der Waals surface area contributed by atoms with E-state index in [1.165, 1.54) is 0 Å². The Morgan fingerprint density at radius 3 is 2.94 bits per heavy atom. The van der Waals surface area contributed by atoms with Crippen molar-refractivity contribution in [3.63, 3.8) is 0 Å². The van der Waals surface area contributed by atoms with Crippen molar-refractivity contribution >= 4 is 11.6 Å². The second-order valence-corrected chi connectivity index (χ2v) is 5.56. The van der Waals surface area contributed by atoms with Crippen LogP contribution in [-0.2, 0) is 11.8 Å². The van der Waals surface area contributed by atoms with E-state index in [0.29, 0.717) is 5.02 Å². The minimum absolute atomic E-state index is 0.0972. The second-order valence-electron chi connectivity index (χ2n) is 5.15. The molecule has 1 aliphatic rings. The molecule has 102 valence electrons. The van der Waals surface area contributed by atoms with E-state index in [4.69, 9.17) is 16.3 Å². The highest BCUT2D eigenvalue weighted by Crippen LogP contribution is 2.39. The highest BCUT2D eigenvalue weighted by molar-refractivity contribution is 6.31. The van der Waals surface area contributed by atoms with Gasteiger partial charge >= 0.3 is 0 Å². The van der Waals surface area contributed by atoms with Crippen LogP contribution in [0.5, 0.6) is 0 Å². The van der Waals surface area contributed by atoms with E-state index < -0.39 is 0 Å². The van der Waals surface area contributed by atoms with Crippen molar-refractivity contribution in [1.29, 1.82) is 0 Å². The fourth-order valence-corrected chi connectivity index (χ4v) is 2.94. The van der Waals surface area contributed by atoms with Gasteiger partial charge in [0.25, 0.3) is 0 Å². The monoisotopic (exact) mass is 271 g/mol. The molecule has 0 spiro atoms. The van der Waals surface area contributed by atoms with Gasteiger partial charge < -0.3 is 10.1 Å². The van der Waals surface area contributed by atoms with Crippen molar-refractivity contribution in [2.24, 2.45) is 7.05 Å². The molecule has 0 bridgehead atoms. The summed E-state index contributed by atoms with van der Waals surface area (Å²) in [6.07, 6.45) is 4.95. The van der Waals surface area contributed by atoms with Gasteiger partial charge in [0.15, 0.2) is 0 Å². The van der Waals surface area contributed by atoms with E-state index in [2.05, 4.69) is 24.3 Å². The molecule has 2 rings (SSSR count). The van der Waals surface area contributed by atoms with Crippen molar-refractivity contribution in [3.8, 4) is 0 Å². The molecule has 1 aromatic heterocycles. The molecule has 0 radical (unpaired) electrons. The Hall–Kier alpha value is -0.580. The van der Waals surface area contributed by atoms with Crippen molar-refractivity contribution in [3.05, 3.63) is 16.9 Å². The third-order valence-corrected chi connectivity index (χ3v) is 3.96. The van der Waals surface area contributed by atoms with Crippen LogP contribution in [-0.4, -0.2) is 28.5 Å². The summed E-state index contributed by atoms with van der Waals surface area (Å²) in [6.45, 7) is 6.10. The van der Waals surface area contributed by atoms with Crippen LogP contribution >= 0.6 is 11.6 Å². The Morgan fingerprint density at radius 1 is 1.67 bits per heavy atom. The van der Waals surface area contributed by atoms with Crippen molar-refractivity contribution < 1.29 is 4.74 Å². The topological polar surface area (TPSA) is 39.1 Å². The standard InChI is InChI=1S/C13H22ClN3O/c1-4-7-15-12(13(2)6-5-8-18-13)11-10(14)9-16-17(11)3/h9,12,15H,4-8H2,1-3H3. The third kappa shape index (κ3) is 2.56. The molecular formula is C13H22ClN3O. The lowest BCUT2D eigenvalue weighted by molar-refractivity contribution is -0.0145. The van der Waals surface area contributed by atoms with Gasteiger partial charge in [-0.15, -0.1) is 0 Å². The Balaban J connectivity index is 2.30. The number of aromatic nitrogens is 2. The molecule has 0 amide bonds. The zero-order valence-electron chi connectivity index (χ0n) is 11.4. The molecule has 5 heteroatoms. The Morgan fingerprint density at radius 2 is 2.44 bits per heavy atom. The number of halogens is 1. The predicted octanol–water partition coefficient (Wildman–Crippen LogP) is 2.68. The number of hydrogen-bond donors (Lipinski definition) is 1. The molecule has 2 heterocycles. The molecule has 1 saturated heterocycles. The lowest BCUT2D eigenvalue weighted by Crippen LogP contribution is -2.42. The smallest absolute Gasteiger partial charge is 0.0865 e. The summed E-state index contributed by atoms with van der Waals surface area (Å²) in [5.74, 6) is 0. The van der Waals surface area contributed by atoms with Crippen molar-refractivity contribution in [2.75, 3.05) is 13.2 Å². The number of aryl methyl sites for hydroxylation is 1. The molecular weight excluding hydrogens is 250 g/mol. The number of rotatable bonds is 5. The maximum Gasteiger partial charge on any atom is 0.0865 e. The Labute approximate surface area is 114 Å². The molecule has 0 aromatic carbocycles. The fraction of sp³-hybridized carbons (Fsp3) is 0.769. The van der Waals surface area contributed by atoms with E-state index in [1.54, 1.807) is 6.20 Å². The van der Waals surface area contributed by atoms with E-state index in [-0.39, 0.29) is 11.6 Å². The average Bonchev–Trinajstić information content (AvgIpc) is 2.90. The largest absolute Gasteiger partial charge is 0.373 e. The molecule has 2 unspecified atom stereocenters. The van der Waals surface area contributed by atoms with Crippen LogP contribution < -0.4 is 5.32 Å². The van der Waals surface area contributed by atoms with Crippen molar-refractivity contribution in [2.45, 2.75) is 44.8 Å². The molecule has 4 nitrogen and oxygen atoms in total. The van der Waals surface area contributed by atoms with Gasteiger partial charge in [-0.05, 0) is 32.7 Å². The molecule has 1 fully saturated rings. The minimum atomic E-state index is -0.188. The van der Waals surface area contributed by atoms with E-state index in [0.717, 1.165) is 38.1 Å². The molecule has 2 atom stereocenters. The van der Waals surface area contributed by atoms with Crippen LogP contribution in [0.1, 0.15) is 44.8 Å². The minimum Gasteiger partial charge on any atom is -0.373 e. The molecule has 0 saturated carbocycles. The van der Waals surface area contributed by atoms with Crippen LogP contribution in [0.4, 0.5) is 0 Å². The fourth-order valence-electron chi connectivity index (χ4n) is 2.66. The zero-order chi connectivity index (χ0) is 13.2. The maximum atomic E-state index is 6.28. The molecule has 1 aromatic rings. The van der Waals surface area contributed by atoms with Gasteiger partial charge in [0.05, 0.1) is 28.6 Å². The quantitative estimate of drug-likeness (QED) is 0.895. The van der Waals surface area contributed by atoms with Crippen LogP contribution in [0.15, 0.2) is 6.20 Å². The first kappa shape index (κ1) is 13.8. The first-order chi connectivity index (χ1) is 8.58. The van der Waals surface area contributed by atoms with Gasteiger partial charge in [-0.3, -0.25) is 4.68 Å². The Bertz CT molecular complexity index is 379. The summed E-state index contributed by atoms with van der Waals surface area (Å²) in [5, 5.41) is 8.51. The van der Waals surface area contributed by atoms with Gasteiger partial charge in [0, 0.05) is 13.7 Å². The molecule has 1 aliphatic heterocycles. The summed E-state index contributed by atoms with van der Waals surface area (Å²) in [4.78, 5) is 0. The number of nitrogens with one attached hydrogen (secondary N) is 1. The van der Waals surface area contributed by atoms with Crippen LogP contribution in [0.2, 0.25) is 5.02 Å². The summed E-state index contributed by atoms with van der Waals surface area (Å²) in [6, 6.07) is 0.0972. The Kier molecular flexibility index (Phi) is 4.30. The number of nitrogens with zero attached hydrogens (tertiary/aromatic N) is 2. The maximum absolute atomic E-state index is 6.28. The summed E-state index contributed by atoms with van der Waals surface area (Å²) < 4.78 is 7.82. The summed E-state index contributed by atoms with van der Waals surface area (Å²) in [5.41, 5.74) is 0.835. The van der Waals surface area contributed by atoms with Crippen LogP contribution in [0.25, 0.3) is 0 Å². The SMILES string of the molecule is CCCNC(c1c(Cl)cnn1C)C1(C)CCCO1. The van der Waals surface area contributed by atoms with E-state index in [9.17, 15) is 0 Å². The normalized spacial score (nSPS) is 25.6. The van der Waals surface area contributed by atoms with Gasteiger partial charge in [-0.2, -0.15) is 5.10 Å². The third-order valence-electron chi connectivity index (χ3n) is 3.67. The highest BCUT2D eigenvalue weighted by atomic mass is 35.5. The van der Waals surface area contributed by atoms with Gasteiger partial charge in [0.1, 0.15) is 0 Å². The lowest BCUT2D eigenvalue weighted by Gasteiger charge is -2.34. The van der Waals surface area contributed by atoms with E-state index >= 15 is 0 Å². The first-order valence-corrected chi connectivity index (χ1v) is 7.01. The van der Waals surface area contributed by atoms with Crippen LogP contribution in [0, 0.1) is 0 Å². The predicted molar refractivity (Wildman–Crippen MR) is 72.8 cm³/mol. The lowest BCUT2D eigenvalue weighted by atomic mass is 9.90. The average molecular weight is 272 g/mol. The van der Waals surface area contributed by atoms with Crippen LogP contribution in [0.3, 0.4) is 0 Å². The van der Waals surface area contributed by atoms with Gasteiger partial charge in [-0.25, -0.2) is 0 Å².